The topological polar surface area (TPSA) is 25.2 Å². The molecule has 0 fully saturated rings. The van der Waals surface area contributed by atoms with Gasteiger partial charge in [-0.25, -0.2) is 4.98 Å². The van der Waals surface area contributed by atoms with E-state index in [1.165, 1.54) is 11.3 Å². The number of rotatable bonds is 3. The molecule has 0 spiro atoms. The summed E-state index contributed by atoms with van der Waals surface area (Å²) in [6, 6.07) is 8.43. The number of hydrogen-bond donors (Lipinski definition) is 0. The van der Waals surface area contributed by atoms with E-state index in [9.17, 15) is 0 Å². The number of hydrogen-bond acceptors (Lipinski definition) is 3. The molecule has 0 saturated heterocycles. The van der Waals surface area contributed by atoms with Crippen LogP contribution >= 0.6 is 27.3 Å². The van der Waals surface area contributed by atoms with Gasteiger partial charge in [-0.15, -0.1) is 11.3 Å². The fourth-order valence-corrected chi connectivity index (χ4v) is 3.41. The van der Waals surface area contributed by atoms with E-state index in [4.69, 9.17) is 0 Å². The molecule has 0 saturated carbocycles. The smallest absolute Gasteiger partial charge is 0.122 e. The summed E-state index contributed by atoms with van der Waals surface area (Å²) >= 11 is 5.19. The van der Waals surface area contributed by atoms with Gasteiger partial charge in [-0.3, -0.25) is 4.99 Å². The van der Waals surface area contributed by atoms with Gasteiger partial charge in [0.15, 0.2) is 0 Å². The number of aromatic nitrogens is 1. The van der Waals surface area contributed by atoms with Gasteiger partial charge >= 0.3 is 0 Å². The molecule has 2 nitrogen and oxygen atoms in total. The fraction of sp³-hybridized carbons (Fsp3) is 0.176. The molecule has 2 aromatic rings. The minimum Gasteiger partial charge on any atom is -0.265 e. The number of thiazole rings is 1. The highest BCUT2D eigenvalue weighted by atomic mass is 79.9. The molecule has 1 aromatic carbocycles. The van der Waals surface area contributed by atoms with Crippen LogP contribution in [0.15, 0.2) is 63.7 Å². The summed E-state index contributed by atoms with van der Waals surface area (Å²) in [6.07, 6.45) is 8.85. The normalized spacial score (nSPS) is 16.1. The van der Waals surface area contributed by atoms with Crippen molar-refractivity contribution >= 4 is 38.6 Å². The number of allylic oxidation sites excluding steroid dienone is 3. The zero-order chi connectivity index (χ0) is 14.7. The Bertz CT molecular complexity index is 714. The summed E-state index contributed by atoms with van der Waals surface area (Å²) < 4.78 is 1.11. The third-order valence-electron chi connectivity index (χ3n) is 3.55. The second kappa shape index (κ2) is 6.50. The third-order valence-corrected chi connectivity index (χ3v) is 4.87. The lowest BCUT2D eigenvalue weighted by atomic mass is 9.94. The summed E-state index contributed by atoms with van der Waals surface area (Å²) in [5.74, 6) is 0.305. The minimum absolute atomic E-state index is 0.305. The van der Waals surface area contributed by atoms with E-state index < -0.39 is 0 Å². The first kappa shape index (κ1) is 14.4. The van der Waals surface area contributed by atoms with E-state index in [0.29, 0.717) is 5.92 Å². The Kier molecular flexibility index (Phi) is 4.46. The number of nitrogens with zero attached hydrogens (tertiary/aromatic N) is 2. The van der Waals surface area contributed by atoms with Gasteiger partial charge in [0.1, 0.15) is 5.01 Å². The summed E-state index contributed by atoms with van der Waals surface area (Å²) in [5.41, 5.74) is 3.61. The Morgan fingerprint density at radius 3 is 3.00 bits per heavy atom. The van der Waals surface area contributed by atoms with E-state index in [2.05, 4.69) is 57.1 Å². The lowest BCUT2D eigenvalue weighted by molar-refractivity contribution is 0.993. The quantitative estimate of drug-likeness (QED) is 0.715. The van der Waals surface area contributed by atoms with Crippen LogP contribution in [0, 0.1) is 0 Å². The minimum atomic E-state index is 0.305. The average molecular weight is 359 g/mol. The van der Waals surface area contributed by atoms with Crippen LogP contribution in [0.3, 0.4) is 0 Å². The highest BCUT2D eigenvalue weighted by molar-refractivity contribution is 9.10. The number of halogens is 1. The Morgan fingerprint density at radius 1 is 1.33 bits per heavy atom. The molecule has 21 heavy (non-hydrogen) atoms. The molecule has 0 aliphatic carbocycles. The second-order valence-electron chi connectivity index (χ2n) is 4.91. The zero-order valence-corrected chi connectivity index (χ0v) is 14.1. The van der Waals surface area contributed by atoms with Crippen molar-refractivity contribution in [1.29, 1.82) is 0 Å². The zero-order valence-electron chi connectivity index (χ0n) is 11.7. The molecule has 0 amide bonds. The summed E-state index contributed by atoms with van der Waals surface area (Å²) in [4.78, 5) is 9.00. The molecule has 0 bridgehead atoms. The molecule has 1 atom stereocenters. The van der Waals surface area contributed by atoms with Crippen LogP contribution in [0.5, 0.6) is 0 Å². The number of aliphatic imine (C=N–C) groups is 1. The molecule has 1 aromatic heterocycles. The molecular formula is C17H15BrN2S. The fourth-order valence-electron chi connectivity index (χ4n) is 2.33. The SMILES string of the molecule is CC(C1=NC=CC(c2nccs2)=CC1)c1cccc(Br)c1. The summed E-state index contributed by atoms with van der Waals surface area (Å²) in [7, 11) is 0. The maximum atomic E-state index is 4.63. The van der Waals surface area contributed by atoms with Gasteiger partial charge in [-0.05, 0) is 23.8 Å². The van der Waals surface area contributed by atoms with E-state index >= 15 is 0 Å². The van der Waals surface area contributed by atoms with Crippen molar-refractivity contribution in [3.8, 4) is 0 Å². The van der Waals surface area contributed by atoms with Crippen molar-refractivity contribution in [2.75, 3.05) is 0 Å². The predicted octanol–water partition coefficient (Wildman–Crippen LogP) is 5.45. The monoisotopic (exact) mass is 358 g/mol. The lowest BCUT2D eigenvalue weighted by Gasteiger charge is -2.13. The van der Waals surface area contributed by atoms with Gasteiger partial charge in [0.05, 0.1) is 0 Å². The van der Waals surface area contributed by atoms with Crippen LogP contribution in [0.2, 0.25) is 0 Å². The largest absolute Gasteiger partial charge is 0.265 e. The highest BCUT2D eigenvalue weighted by Crippen LogP contribution is 2.26. The van der Waals surface area contributed by atoms with Crippen LogP contribution in [0.1, 0.15) is 29.8 Å². The molecule has 1 aliphatic heterocycles. The van der Waals surface area contributed by atoms with Crippen molar-refractivity contribution in [2.24, 2.45) is 4.99 Å². The molecular weight excluding hydrogens is 344 g/mol. The van der Waals surface area contributed by atoms with Gasteiger partial charge < -0.3 is 0 Å². The molecule has 106 valence electrons. The summed E-state index contributed by atoms with van der Waals surface area (Å²) in [5, 5.41) is 3.05. The molecule has 3 rings (SSSR count). The first-order chi connectivity index (χ1) is 10.2. The maximum Gasteiger partial charge on any atom is 0.122 e. The van der Waals surface area contributed by atoms with Gasteiger partial charge in [0.25, 0.3) is 0 Å². The maximum absolute atomic E-state index is 4.63. The van der Waals surface area contributed by atoms with Gasteiger partial charge in [-0.2, -0.15) is 0 Å². The van der Waals surface area contributed by atoms with Gasteiger partial charge in [0.2, 0.25) is 0 Å². The van der Waals surface area contributed by atoms with Gasteiger partial charge in [-0.1, -0.05) is 41.1 Å². The van der Waals surface area contributed by atoms with E-state index in [0.717, 1.165) is 21.5 Å². The van der Waals surface area contributed by atoms with Gasteiger partial charge in [0, 0.05) is 45.9 Å². The Balaban J connectivity index is 1.82. The van der Waals surface area contributed by atoms with Crippen LogP contribution in [-0.2, 0) is 0 Å². The first-order valence-corrected chi connectivity index (χ1v) is 8.50. The van der Waals surface area contributed by atoms with Crippen LogP contribution in [0.25, 0.3) is 5.57 Å². The molecule has 2 heterocycles. The van der Waals surface area contributed by atoms with Crippen LogP contribution in [-0.4, -0.2) is 10.7 Å². The van der Waals surface area contributed by atoms with E-state index in [-0.39, 0.29) is 0 Å². The molecule has 1 unspecified atom stereocenters. The Labute approximate surface area is 137 Å². The van der Waals surface area contributed by atoms with Crippen molar-refractivity contribution in [2.45, 2.75) is 19.3 Å². The Hall–Kier alpha value is -1.52. The van der Waals surface area contributed by atoms with E-state index in [1.807, 2.05) is 29.9 Å². The molecule has 0 N–H and O–H groups in total. The summed E-state index contributed by atoms with van der Waals surface area (Å²) in [6.45, 7) is 2.21. The van der Waals surface area contributed by atoms with Crippen molar-refractivity contribution in [3.05, 3.63) is 69.2 Å². The average Bonchev–Trinajstić information content (AvgIpc) is 2.91. The standard InChI is InChI=1S/C17H15BrN2S/c1-12(14-3-2-4-15(18)11-14)16-6-5-13(7-8-19-16)17-20-9-10-21-17/h2-5,7-12H,6H2,1H3. The molecule has 0 radical (unpaired) electrons. The number of benzene rings is 1. The third kappa shape index (κ3) is 3.39. The second-order valence-corrected chi connectivity index (χ2v) is 6.72. The van der Waals surface area contributed by atoms with Crippen molar-refractivity contribution < 1.29 is 0 Å². The van der Waals surface area contributed by atoms with Crippen LogP contribution in [0.4, 0.5) is 0 Å². The Morgan fingerprint density at radius 2 is 2.24 bits per heavy atom. The molecule has 4 heteroatoms. The van der Waals surface area contributed by atoms with E-state index in [1.54, 1.807) is 11.3 Å². The molecule has 1 aliphatic rings. The van der Waals surface area contributed by atoms with Crippen LogP contribution < -0.4 is 0 Å². The van der Waals surface area contributed by atoms with Crippen molar-refractivity contribution in [1.82, 2.24) is 4.98 Å². The highest BCUT2D eigenvalue weighted by Gasteiger charge is 2.14. The predicted molar refractivity (Wildman–Crippen MR) is 93.8 cm³/mol. The lowest BCUT2D eigenvalue weighted by Crippen LogP contribution is -2.08. The van der Waals surface area contributed by atoms with Crippen molar-refractivity contribution in [3.63, 3.8) is 0 Å². The first-order valence-electron chi connectivity index (χ1n) is 6.82.